The van der Waals surface area contributed by atoms with E-state index in [2.05, 4.69) is 27.1 Å². The molecular weight excluding hydrogens is 244 g/mol. The van der Waals surface area contributed by atoms with Crippen LogP contribution in [-0.2, 0) is 4.79 Å². The molecule has 0 fully saturated rings. The molecule has 6 nitrogen and oxygen atoms in total. The van der Waals surface area contributed by atoms with E-state index in [4.69, 9.17) is 5.11 Å². The zero-order valence-corrected chi connectivity index (χ0v) is 12.0. The maximum absolute atomic E-state index is 10.6. The van der Waals surface area contributed by atoms with Gasteiger partial charge in [-0.25, -0.2) is 9.97 Å². The normalized spacial score (nSPS) is 12.0. The molecule has 19 heavy (non-hydrogen) atoms. The van der Waals surface area contributed by atoms with E-state index in [9.17, 15) is 4.79 Å². The monoisotopic (exact) mass is 266 g/mol. The van der Waals surface area contributed by atoms with Crippen molar-refractivity contribution in [2.45, 2.75) is 39.7 Å². The Hall–Kier alpha value is -1.85. The summed E-state index contributed by atoms with van der Waals surface area (Å²) >= 11 is 0. The molecule has 0 aromatic carbocycles. The van der Waals surface area contributed by atoms with Gasteiger partial charge in [-0.2, -0.15) is 0 Å². The Labute approximate surface area is 113 Å². The van der Waals surface area contributed by atoms with Gasteiger partial charge in [-0.05, 0) is 20.3 Å². The van der Waals surface area contributed by atoms with Crippen molar-refractivity contribution >= 4 is 17.6 Å². The lowest BCUT2D eigenvalue weighted by Gasteiger charge is -2.19. The second-order valence-electron chi connectivity index (χ2n) is 4.72. The number of nitrogens with zero attached hydrogens (tertiary/aromatic N) is 3. The maximum Gasteiger partial charge on any atom is 0.305 e. The fourth-order valence-electron chi connectivity index (χ4n) is 1.84. The summed E-state index contributed by atoms with van der Waals surface area (Å²) in [5, 5.41) is 11.8. The van der Waals surface area contributed by atoms with E-state index in [1.807, 2.05) is 27.0 Å². The molecule has 1 atom stereocenters. The Morgan fingerprint density at radius 3 is 2.79 bits per heavy atom. The average molecular weight is 266 g/mol. The molecule has 1 rings (SSSR count). The van der Waals surface area contributed by atoms with Gasteiger partial charge in [0.05, 0.1) is 6.42 Å². The number of carboxylic acid groups (broad SMARTS) is 1. The molecule has 0 radical (unpaired) electrons. The number of hydrogen-bond donors (Lipinski definition) is 2. The summed E-state index contributed by atoms with van der Waals surface area (Å²) in [5.74, 6) is 1.36. The van der Waals surface area contributed by atoms with Gasteiger partial charge in [-0.15, -0.1) is 0 Å². The molecule has 2 N–H and O–H groups in total. The van der Waals surface area contributed by atoms with Gasteiger partial charge in [-0.1, -0.05) is 6.92 Å². The molecular formula is C13H22N4O2. The molecule has 1 unspecified atom stereocenters. The molecule has 0 aliphatic rings. The number of aryl methyl sites for hydroxylation is 1. The van der Waals surface area contributed by atoms with Crippen LogP contribution in [0.15, 0.2) is 6.07 Å². The van der Waals surface area contributed by atoms with Crippen LogP contribution in [0.2, 0.25) is 0 Å². The van der Waals surface area contributed by atoms with Crippen LogP contribution in [0.1, 0.15) is 32.5 Å². The minimum absolute atomic E-state index is 0.0587. The van der Waals surface area contributed by atoms with E-state index in [1.54, 1.807) is 0 Å². The summed E-state index contributed by atoms with van der Waals surface area (Å²) in [7, 11) is 1.98. The number of aliphatic carboxylic acids is 1. The van der Waals surface area contributed by atoms with Crippen molar-refractivity contribution in [2.24, 2.45) is 0 Å². The third-order valence-corrected chi connectivity index (χ3v) is 2.65. The van der Waals surface area contributed by atoms with Crippen molar-refractivity contribution in [2.75, 3.05) is 23.8 Å². The molecule has 0 aliphatic carbocycles. The Morgan fingerprint density at radius 2 is 2.21 bits per heavy atom. The molecule has 0 saturated heterocycles. The molecule has 0 amide bonds. The minimum Gasteiger partial charge on any atom is -0.481 e. The van der Waals surface area contributed by atoms with Crippen molar-refractivity contribution in [1.29, 1.82) is 0 Å². The highest BCUT2D eigenvalue weighted by atomic mass is 16.4. The van der Waals surface area contributed by atoms with Crippen molar-refractivity contribution in [3.8, 4) is 0 Å². The molecule has 0 bridgehead atoms. The minimum atomic E-state index is -0.825. The van der Waals surface area contributed by atoms with Crippen molar-refractivity contribution in [1.82, 2.24) is 9.97 Å². The quantitative estimate of drug-likeness (QED) is 0.785. The van der Waals surface area contributed by atoms with Crippen LogP contribution < -0.4 is 10.2 Å². The van der Waals surface area contributed by atoms with Crippen LogP contribution >= 0.6 is 0 Å². The first-order valence-corrected chi connectivity index (χ1v) is 6.47. The molecule has 0 saturated carbocycles. The lowest BCUT2D eigenvalue weighted by molar-refractivity contribution is -0.137. The van der Waals surface area contributed by atoms with Crippen LogP contribution in [0.3, 0.4) is 0 Å². The number of hydrogen-bond acceptors (Lipinski definition) is 5. The van der Waals surface area contributed by atoms with E-state index in [0.29, 0.717) is 11.6 Å². The molecule has 0 aliphatic heterocycles. The Morgan fingerprint density at radius 1 is 1.53 bits per heavy atom. The van der Waals surface area contributed by atoms with Crippen molar-refractivity contribution in [3.63, 3.8) is 0 Å². The first-order chi connectivity index (χ1) is 8.92. The van der Waals surface area contributed by atoms with Gasteiger partial charge < -0.3 is 15.3 Å². The topological polar surface area (TPSA) is 78.4 Å². The predicted octanol–water partition coefficient (Wildman–Crippen LogP) is 1.91. The van der Waals surface area contributed by atoms with Crippen LogP contribution in [0.4, 0.5) is 11.6 Å². The summed E-state index contributed by atoms with van der Waals surface area (Å²) in [6.45, 7) is 6.68. The number of carboxylic acids is 1. The van der Waals surface area contributed by atoms with E-state index in [1.165, 1.54) is 0 Å². The van der Waals surface area contributed by atoms with E-state index < -0.39 is 5.97 Å². The van der Waals surface area contributed by atoms with Gasteiger partial charge in [0, 0.05) is 25.7 Å². The number of rotatable bonds is 7. The van der Waals surface area contributed by atoms with E-state index in [0.717, 1.165) is 18.8 Å². The van der Waals surface area contributed by atoms with Gasteiger partial charge in [-0.3, -0.25) is 4.79 Å². The first kappa shape index (κ1) is 15.2. The summed E-state index contributed by atoms with van der Waals surface area (Å²) in [6, 6.07) is 1.68. The van der Waals surface area contributed by atoms with Crippen LogP contribution in [0.5, 0.6) is 0 Å². The van der Waals surface area contributed by atoms with Crippen LogP contribution in [-0.4, -0.2) is 40.7 Å². The molecule has 6 heteroatoms. The SMILES string of the molecule is CCCN(C)c1cc(NC(C)CC(=O)O)nc(C)n1. The number of anilines is 2. The fourth-order valence-corrected chi connectivity index (χ4v) is 1.84. The Balaban J connectivity index is 2.81. The third-order valence-electron chi connectivity index (χ3n) is 2.65. The predicted molar refractivity (Wildman–Crippen MR) is 75.7 cm³/mol. The van der Waals surface area contributed by atoms with Crippen molar-refractivity contribution < 1.29 is 9.90 Å². The lowest BCUT2D eigenvalue weighted by atomic mass is 10.2. The third kappa shape index (κ3) is 5.11. The smallest absolute Gasteiger partial charge is 0.305 e. The van der Waals surface area contributed by atoms with E-state index >= 15 is 0 Å². The lowest BCUT2D eigenvalue weighted by Crippen LogP contribution is -2.22. The zero-order valence-electron chi connectivity index (χ0n) is 12.0. The van der Waals surface area contributed by atoms with E-state index in [-0.39, 0.29) is 12.5 Å². The van der Waals surface area contributed by atoms with Gasteiger partial charge in [0.2, 0.25) is 0 Å². The summed E-state index contributed by atoms with van der Waals surface area (Å²) < 4.78 is 0. The van der Waals surface area contributed by atoms with Crippen LogP contribution in [0.25, 0.3) is 0 Å². The highest BCUT2D eigenvalue weighted by Gasteiger charge is 2.10. The second-order valence-corrected chi connectivity index (χ2v) is 4.72. The molecule has 0 spiro atoms. The number of nitrogens with one attached hydrogen (secondary N) is 1. The molecule has 106 valence electrons. The van der Waals surface area contributed by atoms with Crippen LogP contribution in [0, 0.1) is 6.92 Å². The number of carbonyl (C=O) groups is 1. The molecule has 1 aromatic heterocycles. The first-order valence-electron chi connectivity index (χ1n) is 6.47. The highest BCUT2D eigenvalue weighted by molar-refractivity contribution is 5.68. The summed E-state index contributed by atoms with van der Waals surface area (Å²) in [4.78, 5) is 21.4. The molecule has 1 aromatic rings. The zero-order chi connectivity index (χ0) is 14.4. The Bertz CT molecular complexity index is 437. The largest absolute Gasteiger partial charge is 0.481 e. The Kier molecular flexibility index (Phi) is 5.54. The number of aromatic nitrogens is 2. The fraction of sp³-hybridized carbons (Fsp3) is 0.615. The summed E-state index contributed by atoms with van der Waals surface area (Å²) in [5.41, 5.74) is 0. The van der Waals surface area contributed by atoms with Gasteiger partial charge in [0.1, 0.15) is 17.5 Å². The average Bonchev–Trinajstić information content (AvgIpc) is 2.27. The van der Waals surface area contributed by atoms with Gasteiger partial charge in [0.25, 0.3) is 0 Å². The maximum atomic E-state index is 10.6. The highest BCUT2D eigenvalue weighted by Crippen LogP contribution is 2.16. The van der Waals surface area contributed by atoms with Crippen molar-refractivity contribution in [3.05, 3.63) is 11.9 Å². The molecule has 1 heterocycles. The standard InChI is InChI=1S/C13H22N4O2/c1-5-6-17(4)12-8-11(15-10(3)16-12)14-9(2)7-13(18)19/h8-9H,5-7H2,1-4H3,(H,18,19)(H,14,15,16). The van der Waals surface area contributed by atoms with Gasteiger partial charge in [0.15, 0.2) is 0 Å². The van der Waals surface area contributed by atoms with Gasteiger partial charge >= 0.3 is 5.97 Å². The summed E-state index contributed by atoms with van der Waals surface area (Å²) in [6.07, 6.45) is 1.10. The second kappa shape index (κ2) is 6.92.